The van der Waals surface area contributed by atoms with E-state index in [-0.39, 0.29) is 28.6 Å². The summed E-state index contributed by atoms with van der Waals surface area (Å²) in [5.41, 5.74) is 0.788. The molecule has 1 heterocycles. The molecule has 1 aliphatic rings. The monoisotopic (exact) mass is 311 g/mol. The van der Waals surface area contributed by atoms with Gasteiger partial charge in [0.1, 0.15) is 11.6 Å². The van der Waals surface area contributed by atoms with Crippen molar-refractivity contribution in [2.45, 2.75) is 40.3 Å². The van der Waals surface area contributed by atoms with Crippen molar-refractivity contribution in [1.29, 1.82) is 0 Å². The number of carbonyl (C=O) groups excluding carboxylic acids is 1. The van der Waals surface area contributed by atoms with E-state index < -0.39 is 11.9 Å². The average Bonchev–Trinajstić information content (AvgIpc) is 2.58. The molecule has 5 heteroatoms. The summed E-state index contributed by atoms with van der Waals surface area (Å²) in [5, 5.41) is 10.3. The number of hydrogen-bond donors (Lipinski definition) is 1. The molecule has 0 spiro atoms. The highest BCUT2D eigenvalue weighted by molar-refractivity contribution is 6.30. The number of aliphatic hydroxyl groups excluding tert-OH is 1. The third-order valence-corrected chi connectivity index (χ3v) is 3.98. The van der Waals surface area contributed by atoms with Crippen molar-refractivity contribution in [3.63, 3.8) is 0 Å². The van der Waals surface area contributed by atoms with Crippen molar-refractivity contribution in [2.75, 3.05) is 0 Å². The first-order chi connectivity index (χ1) is 9.62. The van der Waals surface area contributed by atoms with Gasteiger partial charge in [-0.25, -0.2) is 4.39 Å². The van der Waals surface area contributed by atoms with Crippen LogP contribution < -0.4 is 0 Å². The van der Waals surface area contributed by atoms with Crippen LogP contribution in [0.25, 0.3) is 0 Å². The second kappa shape index (κ2) is 5.34. The molecule has 114 valence electrons. The largest absolute Gasteiger partial charge is 0.510 e. The Kier molecular flexibility index (Phi) is 4.02. The first-order valence-corrected chi connectivity index (χ1v) is 7.15. The molecule has 1 aromatic rings. The maximum atomic E-state index is 13.2. The maximum absolute atomic E-state index is 13.2. The van der Waals surface area contributed by atoms with E-state index in [1.165, 1.54) is 12.1 Å². The predicted molar refractivity (Wildman–Crippen MR) is 80.5 cm³/mol. The fourth-order valence-electron chi connectivity index (χ4n) is 2.67. The Hall–Kier alpha value is -1.55. The number of rotatable bonds is 2. The van der Waals surface area contributed by atoms with Gasteiger partial charge < -0.3 is 10.0 Å². The predicted octanol–water partition coefficient (Wildman–Crippen LogP) is 4.07. The second-order valence-corrected chi connectivity index (χ2v) is 6.87. The molecule has 0 aromatic heterocycles. The van der Waals surface area contributed by atoms with Gasteiger partial charge in [0.2, 0.25) is 0 Å². The Balaban J connectivity index is 2.34. The number of amides is 1. The quantitative estimate of drug-likeness (QED) is 0.894. The molecule has 1 atom stereocenters. The molecule has 0 bridgehead atoms. The van der Waals surface area contributed by atoms with Crippen LogP contribution in [-0.2, 0) is 11.3 Å². The number of aliphatic hydroxyl groups is 1. The maximum Gasteiger partial charge on any atom is 0.253 e. The molecule has 0 aliphatic carbocycles. The van der Waals surface area contributed by atoms with E-state index in [4.69, 9.17) is 11.6 Å². The second-order valence-electron chi connectivity index (χ2n) is 6.46. The molecule has 2 rings (SSSR count). The molecular weight excluding hydrogens is 293 g/mol. The van der Waals surface area contributed by atoms with Gasteiger partial charge in [-0.15, -0.1) is 0 Å². The molecule has 0 radical (unpaired) electrons. The van der Waals surface area contributed by atoms with Crippen molar-refractivity contribution in [3.05, 3.63) is 45.9 Å². The van der Waals surface area contributed by atoms with Crippen molar-refractivity contribution in [1.82, 2.24) is 4.90 Å². The van der Waals surface area contributed by atoms with Gasteiger partial charge in [0.15, 0.2) is 0 Å². The number of carbonyl (C=O) groups is 1. The molecular formula is C16H19ClFNO2. The van der Waals surface area contributed by atoms with Crippen molar-refractivity contribution in [2.24, 2.45) is 5.41 Å². The van der Waals surface area contributed by atoms with E-state index >= 15 is 0 Å². The zero-order chi connectivity index (χ0) is 15.9. The summed E-state index contributed by atoms with van der Waals surface area (Å²) < 4.78 is 13.2. The Bertz CT molecular complexity index is 619. The van der Waals surface area contributed by atoms with E-state index in [1.54, 1.807) is 17.9 Å². The highest BCUT2D eigenvalue weighted by Gasteiger charge is 2.43. The average molecular weight is 312 g/mol. The summed E-state index contributed by atoms with van der Waals surface area (Å²) in [5.74, 6) is -0.578. The molecule has 1 aromatic carbocycles. The Morgan fingerprint density at radius 3 is 2.52 bits per heavy atom. The molecule has 1 amide bonds. The van der Waals surface area contributed by atoms with Crippen LogP contribution in [-0.4, -0.2) is 22.0 Å². The number of nitrogens with zero attached hydrogens (tertiary/aromatic N) is 1. The smallest absolute Gasteiger partial charge is 0.253 e. The fraction of sp³-hybridized carbons (Fsp3) is 0.438. The van der Waals surface area contributed by atoms with Gasteiger partial charge in [0.05, 0.1) is 16.6 Å². The standard InChI is InChI=1S/C16H19ClFNO2/c1-9-13(20)14(16(2,3)4)19(15(9)21)8-10-5-6-12(18)11(17)7-10/h5-7,14,20H,8H2,1-4H3. The Morgan fingerprint density at radius 1 is 1.38 bits per heavy atom. The molecule has 21 heavy (non-hydrogen) atoms. The first kappa shape index (κ1) is 15.8. The lowest BCUT2D eigenvalue weighted by Gasteiger charge is -2.35. The SMILES string of the molecule is CC1=C(O)C(C(C)(C)C)N(Cc2ccc(F)c(Cl)c2)C1=O. The summed E-state index contributed by atoms with van der Waals surface area (Å²) in [4.78, 5) is 13.9. The third kappa shape index (κ3) is 2.91. The Labute approximate surface area is 129 Å². The molecule has 1 unspecified atom stereocenters. The summed E-state index contributed by atoms with van der Waals surface area (Å²) in [7, 11) is 0. The number of hydrogen-bond acceptors (Lipinski definition) is 2. The zero-order valence-electron chi connectivity index (χ0n) is 12.6. The first-order valence-electron chi connectivity index (χ1n) is 6.77. The third-order valence-electron chi connectivity index (χ3n) is 3.69. The molecule has 1 N–H and O–H groups in total. The van der Waals surface area contributed by atoms with Gasteiger partial charge in [-0.1, -0.05) is 38.4 Å². The highest BCUT2D eigenvalue weighted by atomic mass is 35.5. The highest BCUT2D eigenvalue weighted by Crippen LogP contribution is 2.37. The number of benzene rings is 1. The summed E-state index contributed by atoms with van der Waals surface area (Å²) in [6, 6.07) is 3.99. The van der Waals surface area contributed by atoms with Gasteiger partial charge in [-0.05, 0) is 30.0 Å². The fourth-order valence-corrected chi connectivity index (χ4v) is 2.87. The van der Waals surface area contributed by atoms with E-state index in [2.05, 4.69) is 0 Å². The number of halogens is 2. The molecule has 0 fully saturated rings. The minimum atomic E-state index is -0.488. The molecule has 1 aliphatic heterocycles. The van der Waals surface area contributed by atoms with Gasteiger partial charge in [0, 0.05) is 6.54 Å². The van der Waals surface area contributed by atoms with Crippen LogP contribution in [0.15, 0.2) is 29.5 Å². The van der Waals surface area contributed by atoms with Crippen molar-refractivity contribution < 1.29 is 14.3 Å². The molecule has 3 nitrogen and oxygen atoms in total. The van der Waals surface area contributed by atoms with Crippen LogP contribution in [0.3, 0.4) is 0 Å². The van der Waals surface area contributed by atoms with Gasteiger partial charge in [0.25, 0.3) is 5.91 Å². The van der Waals surface area contributed by atoms with Crippen molar-refractivity contribution in [3.8, 4) is 0 Å². The van der Waals surface area contributed by atoms with Gasteiger partial charge in [-0.2, -0.15) is 0 Å². The lowest BCUT2D eigenvalue weighted by molar-refractivity contribution is -0.129. The van der Waals surface area contributed by atoms with E-state index in [1.807, 2.05) is 20.8 Å². The van der Waals surface area contributed by atoms with Crippen LogP contribution >= 0.6 is 11.6 Å². The summed E-state index contributed by atoms with van der Waals surface area (Å²) in [6.07, 6.45) is 0. The minimum Gasteiger partial charge on any atom is -0.510 e. The normalized spacial score (nSPS) is 19.6. The van der Waals surface area contributed by atoms with E-state index in [0.29, 0.717) is 5.57 Å². The topological polar surface area (TPSA) is 40.5 Å². The van der Waals surface area contributed by atoms with Crippen LogP contribution in [0.5, 0.6) is 0 Å². The zero-order valence-corrected chi connectivity index (χ0v) is 13.3. The van der Waals surface area contributed by atoms with Gasteiger partial charge in [-0.3, -0.25) is 4.79 Å². The van der Waals surface area contributed by atoms with Gasteiger partial charge >= 0.3 is 0 Å². The van der Waals surface area contributed by atoms with Crippen LogP contribution in [0.4, 0.5) is 4.39 Å². The van der Waals surface area contributed by atoms with Crippen LogP contribution in [0.2, 0.25) is 5.02 Å². The Morgan fingerprint density at radius 2 is 2.00 bits per heavy atom. The molecule has 0 saturated heterocycles. The van der Waals surface area contributed by atoms with Crippen LogP contribution in [0.1, 0.15) is 33.3 Å². The minimum absolute atomic E-state index is 0.0281. The van der Waals surface area contributed by atoms with Crippen molar-refractivity contribution >= 4 is 17.5 Å². The summed E-state index contributed by atoms with van der Waals surface area (Å²) in [6.45, 7) is 7.79. The van der Waals surface area contributed by atoms with E-state index in [9.17, 15) is 14.3 Å². The summed E-state index contributed by atoms with van der Waals surface area (Å²) >= 11 is 5.78. The lowest BCUT2D eigenvalue weighted by Crippen LogP contribution is -2.43. The lowest BCUT2D eigenvalue weighted by atomic mass is 9.85. The van der Waals surface area contributed by atoms with Crippen LogP contribution in [0, 0.1) is 11.2 Å². The van der Waals surface area contributed by atoms with E-state index in [0.717, 1.165) is 5.56 Å². The molecule has 0 saturated carbocycles.